The van der Waals surface area contributed by atoms with Crippen LogP contribution in [-0.4, -0.2) is 34.0 Å². The summed E-state index contributed by atoms with van der Waals surface area (Å²) in [5.74, 6) is 0. The van der Waals surface area contributed by atoms with Crippen LogP contribution in [0.2, 0.25) is 0 Å². The molecule has 0 fully saturated rings. The van der Waals surface area contributed by atoms with E-state index in [-0.39, 0.29) is 11.9 Å². The van der Waals surface area contributed by atoms with E-state index in [2.05, 4.69) is 18.7 Å². The van der Waals surface area contributed by atoms with Crippen LogP contribution in [0.4, 0.5) is 0 Å². The monoisotopic (exact) mass is 269 g/mol. The Morgan fingerprint density at radius 1 is 1.29 bits per heavy atom. The van der Waals surface area contributed by atoms with Gasteiger partial charge >= 0.3 is 0 Å². The minimum Gasteiger partial charge on any atom is -0.395 e. The van der Waals surface area contributed by atoms with E-state index in [1.54, 1.807) is 11.8 Å². The van der Waals surface area contributed by atoms with Gasteiger partial charge in [-0.25, -0.2) is 0 Å². The maximum atomic E-state index is 9.46. The van der Waals surface area contributed by atoms with Crippen LogP contribution in [0.3, 0.4) is 0 Å². The molecule has 1 aromatic rings. The number of hydrogen-bond acceptors (Lipinski definition) is 3. The second-order valence-corrected chi connectivity index (χ2v) is 5.47. The second-order valence-electron chi connectivity index (χ2n) is 3.64. The number of thiocarbonyl (C=S) groups is 1. The van der Waals surface area contributed by atoms with E-state index in [4.69, 9.17) is 12.2 Å². The van der Waals surface area contributed by atoms with Crippen molar-refractivity contribution in [1.82, 2.24) is 4.90 Å². The fraction of sp³-hybridized carbons (Fsp3) is 0.462. The molecule has 1 atom stereocenters. The van der Waals surface area contributed by atoms with E-state index in [9.17, 15) is 5.11 Å². The van der Waals surface area contributed by atoms with E-state index in [0.717, 1.165) is 23.0 Å². The molecule has 94 valence electrons. The number of hydrogen-bond donors (Lipinski definition) is 1. The average molecular weight is 269 g/mol. The summed E-state index contributed by atoms with van der Waals surface area (Å²) < 4.78 is 0.859. The molecule has 0 radical (unpaired) electrons. The Hall–Kier alpha value is -0.580. The largest absolute Gasteiger partial charge is 0.395 e. The Kier molecular flexibility index (Phi) is 6.55. The molecule has 0 spiro atoms. The summed E-state index contributed by atoms with van der Waals surface area (Å²) in [5.41, 5.74) is 1.12. The number of nitrogens with zero attached hydrogens (tertiary/aromatic N) is 1. The highest BCUT2D eigenvalue weighted by atomic mass is 32.2. The van der Waals surface area contributed by atoms with Crippen molar-refractivity contribution in [3.05, 3.63) is 35.9 Å². The standard InChI is InChI=1S/C13H19NOS2/c1-3-14(4-2)13(16)17-12(10-15)11-8-6-5-7-9-11/h5-9,12,15H,3-4,10H2,1-2H3. The molecule has 0 aromatic heterocycles. The molecule has 0 aliphatic rings. The lowest BCUT2D eigenvalue weighted by Gasteiger charge is -2.24. The third-order valence-electron chi connectivity index (χ3n) is 2.60. The van der Waals surface area contributed by atoms with Crippen molar-refractivity contribution in [3.63, 3.8) is 0 Å². The van der Waals surface area contributed by atoms with Gasteiger partial charge in [0.2, 0.25) is 0 Å². The number of benzene rings is 1. The van der Waals surface area contributed by atoms with Crippen LogP contribution in [0.1, 0.15) is 24.7 Å². The van der Waals surface area contributed by atoms with Gasteiger partial charge in [0.15, 0.2) is 0 Å². The SMILES string of the molecule is CCN(CC)C(=S)SC(CO)c1ccccc1. The molecule has 0 aliphatic carbocycles. The molecule has 1 rings (SSSR count). The lowest BCUT2D eigenvalue weighted by atomic mass is 10.2. The van der Waals surface area contributed by atoms with Gasteiger partial charge < -0.3 is 10.0 Å². The van der Waals surface area contributed by atoms with Gasteiger partial charge in [0.05, 0.1) is 11.9 Å². The summed E-state index contributed by atoms with van der Waals surface area (Å²) in [6.45, 7) is 6.11. The second kappa shape index (κ2) is 7.69. The zero-order valence-corrected chi connectivity index (χ0v) is 11.9. The summed E-state index contributed by atoms with van der Waals surface area (Å²) in [6.07, 6.45) is 0. The van der Waals surface area contributed by atoms with E-state index >= 15 is 0 Å². The van der Waals surface area contributed by atoms with Gasteiger partial charge in [0.25, 0.3) is 0 Å². The predicted molar refractivity (Wildman–Crippen MR) is 79.4 cm³/mol. The minimum absolute atomic E-state index is 0.0318. The minimum atomic E-state index is 0.0318. The van der Waals surface area contributed by atoms with Gasteiger partial charge in [-0.2, -0.15) is 0 Å². The van der Waals surface area contributed by atoms with Gasteiger partial charge in [0.1, 0.15) is 4.32 Å². The summed E-state index contributed by atoms with van der Waals surface area (Å²) in [6, 6.07) is 10.0. The predicted octanol–water partition coefficient (Wildman–Crippen LogP) is 3.08. The molecule has 1 N–H and O–H groups in total. The lowest BCUT2D eigenvalue weighted by Crippen LogP contribution is -2.27. The molecule has 0 aliphatic heterocycles. The molecular weight excluding hydrogens is 250 g/mol. The van der Waals surface area contributed by atoms with Crippen LogP contribution in [0, 0.1) is 0 Å². The first-order valence-corrected chi connectivity index (χ1v) is 7.13. The van der Waals surface area contributed by atoms with E-state index in [1.165, 1.54) is 0 Å². The Bertz CT molecular complexity index is 339. The first kappa shape index (κ1) is 14.5. The molecule has 0 amide bonds. The molecule has 0 saturated carbocycles. The van der Waals surface area contributed by atoms with Crippen molar-refractivity contribution < 1.29 is 5.11 Å². The molecule has 0 saturated heterocycles. The molecule has 1 unspecified atom stereocenters. The van der Waals surface area contributed by atoms with E-state index in [1.807, 2.05) is 30.3 Å². The van der Waals surface area contributed by atoms with Crippen LogP contribution < -0.4 is 0 Å². The summed E-state index contributed by atoms with van der Waals surface area (Å²) in [4.78, 5) is 2.13. The maximum Gasteiger partial charge on any atom is 0.137 e. The fourth-order valence-corrected chi connectivity index (χ4v) is 3.18. The van der Waals surface area contributed by atoms with Crippen molar-refractivity contribution in [2.75, 3.05) is 19.7 Å². The van der Waals surface area contributed by atoms with Crippen LogP contribution in [0.15, 0.2) is 30.3 Å². The first-order valence-electron chi connectivity index (χ1n) is 5.84. The topological polar surface area (TPSA) is 23.5 Å². The maximum absolute atomic E-state index is 9.46. The Balaban J connectivity index is 2.68. The molecule has 1 aromatic carbocycles. The van der Waals surface area contributed by atoms with Crippen LogP contribution >= 0.6 is 24.0 Å². The average Bonchev–Trinajstić information content (AvgIpc) is 2.38. The number of rotatable bonds is 5. The van der Waals surface area contributed by atoms with Crippen molar-refractivity contribution in [2.45, 2.75) is 19.1 Å². The van der Waals surface area contributed by atoms with Crippen molar-refractivity contribution in [1.29, 1.82) is 0 Å². The summed E-state index contributed by atoms with van der Waals surface area (Å²) >= 11 is 6.96. The highest BCUT2D eigenvalue weighted by Gasteiger charge is 2.16. The first-order chi connectivity index (χ1) is 8.22. The van der Waals surface area contributed by atoms with Gasteiger partial charge in [-0.3, -0.25) is 0 Å². The number of thioether (sulfide) groups is 1. The van der Waals surface area contributed by atoms with Crippen molar-refractivity contribution in [2.24, 2.45) is 0 Å². The zero-order valence-electron chi connectivity index (χ0n) is 10.3. The van der Waals surface area contributed by atoms with Crippen LogP contribution in [0.5, 0.6) is 0 Å². The molecule has 4 heteroatoms. The van der Waals surface area contributed by atoms with Crippen molar-refractivity contribution >= 4 is 28.3 Å². The molecule has 0 heterocycles. The normalized spacial score (nSPS) is 12.2. The van der Waals surface area contributed by atoms with E-state index in [0.29, 0.717) is 0 Å². The Labute approximate surface area is 113 Å². The van der Waals surface area contributed by atoms with Gasteiger partial charge in [-0.15, -0.1) is 0 Å². The van der Waals surface area contributed by atoms with Gasteiger partial charge in [-0.1, -0.05) is 54.3 Å². The lowest BCUT2D eigenvalue weighted by molar-refractivity contribution is 0.296. The Morgan fingerprint density at radius 3 is 2.35 bits per heavy atom. The van der Waals surface area contributed by atoms with Gasteiger partial charge in [-0.05, 0) is 19.4 Å². The fourth-order valence-electron chi connectivity index (χ4n) is 1.56. The zero-order chi connectivity index (χ0) is 12.7. The quantitative estimate of drug-likeness (QED) is 0.830. The third-order valence-corrected chi connectivity index (χ3v) is 4.31. The van der Waals surface area contributed by atoms with Gasteiger partial charge in [0, 0.05) is 13.1 Å². The van der Waals surface area contributed by atoms with Crippen molar-refractivity contribution in [3.8, 4) is 0 Å². The number of aliphatic hydroxyl groups excluding tert-OH is 1. The summed E-state index contributed by atoms with van der Waals surface area (Å²) in [7, 11) is 0. The van der Waals surface area contributed by atoms with E-state index < -0.39 is 0 Å². The van der Waals surface area contributed by atoms with Crippen LogP contribution in [-0.2, 0) is 0 Å². The smallest absolute Gasteiger partial charge is 0.137 e. The molecule has 0 bridgehead atoms. The van der Waals surface area contributed by atoms with Crippen LogP contribution in [0.25, 0.3) is 0 Å². The highest BCUT2D eigenvalue weighted by Crippen LogP contribution is 2.30. The number of aliphatic hydroxyl groups is 1. The summed E-state index contributed by atoms with van der Waals surface area (Å²) in [5, 5.41) is 9.49. The molecule has 2 nitrogen and oxygen atoms in total. The molecule has 17 heavy (non-hydrogen) atoms. The molecular formula is C13H19NOS2. The highest BCUT2D eigenvalue weighted by molar-refractivity contribution is 8.23. The third kappa shape index (κ3) is 4.30. The Morgan fingerprint density at radius 2 is 1.88 bits per heavy atom.